The minimum Gasteiger partial charge on any atom is -0.374 e. The molecule has 0 spiro atoms. The van der Waals surface area contributed by atoms with Gasteiger partial charge in [0.05, 0.1) is 6.54 Å². The third kappa shape index (κ3) is 5.53. The number of hydrogen-bond acceptors (Lipinski definition) is 3. The lowest BCUT2D eigenvalue weighted by atomic mass is 9.95. The van der Waals surface area contributed by atoms with E-state index in [4.69, 9.17) is 0 Å². The highest BCUT2D eigenvalue weighted by Crippen LogP contribution is 2.49. The van der Waals surface area contributed by atoms with Crippen molar-refractivity contribution in [2.75, 3.05) is 19.6 Å². The lowest BCUT2D eigenvalue weighted by molar-refractivity contribution is -0.272. The summed E-state index contributed by atoms with van der Waals surface area (Å²) in [5.41, 5.74) is -2.87. The Balaban J connectivity index is 0.00000363. The van der Waals surface area contributed by atoms with Crippen molar-refractivity contribution in [1.29, 1.82) is 0 Å². The van der Waals surface area contributed by atoms with E-state index in [0.717, 1.165) is 17.4 Å². The number of imidazole rings is 1. The molecule has 2 aromatic rings. The molecule has 32 heavy (non-hydrogen) atoms. The van der Waals surface area contributed by atoms with Gasteiger partial charge in [0, 0.05) is 44.4 Å². The number of aliphatic imine (C=N–C) groups is 1. The van der Waals surface area contributed by atoms with E-state index in [-0.39, 0.29) is 41.8 Å². The molecule has 0 amide bonds. The Morgan fingerprint density at radius 3 is 2.47 bits per heavy atom. The quantitative estimate of drug-likeness (QED) is 0.197. The van der Waals surface area contributed by atoms with Gasteiger partial charge in [-0.15, -0.1) is 24.0 Å². The number of aliphatic hydroxyl groups is 1. The molecule has 1 aliphatic carbocycles. The van der Waals surface area contributed by atoms with Gasteiger partial charge in [0.1, 0.15) is 11.6 Å². The van der Waals surface area contributed by atoms with Crippen LogP contribution in [0.1, 0.15) is 37.6 Å². The van der Waals surface area contributed by atoms with Crippen LogP contribution in [0.4, 0.5) is 17.6 Å². The molecule has 1 aromatic heterocycles. The van der Waals surface area contributed by atoms with Crippen LogP contribution in [-0.2, 0) is 18.1 Å². The van der Waals surface area contributed by atoms with Crippen molar-refractivity contribution >= 4 is 29.9 Å². The molecule has 11 heteroatoms. The number of rotatable bonds is 8. The van der Waals surface area contributed by atoms with Crippen molar-refractivity contribution in [2.45, 2.75) is 43.4 Å². The van der Waals surface area contributed by atoms with Gasteiger partial charge in [0.25, 0.3) is 0 Å². The van der Waals surface area contributed by atoms with E-state index in [1.165, 1.54) is 25.5 Å². The molecular formula is C21H28F4IN5O. The molecule has 1 unspecified atom stereocenters. The lowest BCUT2D eigenvalue weighted by Gasteiger charge is -2.30. The van der Waals surface area contributed by atoms with E-state index in [9.17, 15) is 22.7 Å². The molecule has 1 aromatic carbocycles. The molecule has 3 rings (SSSR count). The summed E-state index contributed by atoms with van der Waals surface area (Å²) < 4.78 is 56.3. The van der Waals surface area contributed by atoms with Gasteiger partial charge in [-0.3, -0.25) is 4.99 Å². The fourth-order valence-electron chi connectivity index (χ4n) is 3.63. The molecule has 0 radical (unpaired) electrons. The van der Waals surface area contributed by atoms with Crippen molar-refractivity contribution in [3.05, 3.63) is 53.9 Å². The van der Waals surface area contributed by atoms with Gasteiger partial charge in [-0.05, 0) is 31.4 Å². The molecular weight excluding hydrogens is 541 g/mol. The Morgan fingerprint density at radius 2 is 1.94 bits per heavy atom. The fourth-order valence-corrected chi connectivity index (χ4v) is 3.63. The summed E-state index contributed by atoms with van der Waals surface area (Å²) in [6.07, 6.45) is -1.39. The van der Waals surface area contributed by atoms with Gasteiger partial charge in [-0.25, -0.2) is 9.37 Å². The maximum absolute atomic E-state index is 14.2. The Labute approximate surface area is 201 Å². The summed E-state index contributed by atoms with van der Waals surface area (Å²) in [5.74, 6) is -0.437. The van der Waals surface area contributed by atoms with Crippen molar-refractivity contribution in [1.82, 2.24) is 20.2 Å². The van der Waals surface area contributed by atoms with Gasteiger partial charge in [0.2, 0.25) is 5.60 Å². The molecule has 0 saturated heterocycles. The van der Waals surface area contributed by atoms with Gasteiger partial charge >= 0.3 is 6.18 Å². The number of alkyl halides is 3. The highest BCUT2D eigenvalue weighted by atomic mass is 127. The van der Waals surface area contributed by atoms with E-state index >= 15 is 0 Å². The molecule has 1 aliphatic rings. The number of nitrogens with zero attached hydrogens (tertiary/aromatic N) is 3. The highest BCUT2D eigenvalue weighted by molar-refractivity contribution is 14.0. The number of hydrogen-bond donors (Lipinski definition) is 3. The first-order chi connectivity index (χ1) is 14.6. The van der Waals surface area contributed by atoms with Gasteiger partial charge in [0.15, 0.2) is 5.96 Å². The second-order valence-corrected chi connectivity index (χ2v) is 7.85. The molecule has 0 bridgehead atoms. The Morgan fingerprint density at radius 1 is 1.25 bits per heavy atom. The highest BCUT2D eigenvalue weighted by Gasteiger charge is 2.57. The van der Waals surface area contributed by atoms with Crippen LogP contribution in [0.5, 0.6) is 0 Å². The minimum atomic E-state index is -4.90. The van der Waals surface area contributed by atoms with Crippen LogP contribution in [0.2, 0.25) is 0 Å². The first kappa shape index (κ1) is 26.4. The second kappa shape index (κ2) is 10.4. The maximum Gasteiger partial charge on any atom is 0.424 e. The summed E-state index contributed by atoms with van der Waals surface area (Å²) in [6.45, 7) is 2.45. The van der Waals surface area contributed by atoms with Crippen molar-refractivity contribution < 1.29 is 22.7 Å². The van der Waals surface area contributed by atoms with E-state index in [2.05, 4.69) is 20.6 Å². The molecule has 178 valence electrons. The smallest absolute Gasteiger partial charge is 0.374 e. The molecule has 3 N–H and O–H groups in total. The summed E-state index contributed by atoms with van der Waals surface area (Å²) in [7, 11) is 1.40. The molecule has 6 nitrogen and oxygen atoms in total. The first-order valence-electron chi connectivity index (χ1n) is 10.2. The summed E-state index contributed by atoms with van der Waals surface area (Å²) >= 11 is 0. The topological polar surface area (TPSA) is 74.5 Å². The van der Waals surface area contributed by atoms with E-state index in [1.54, 1.807) is 18.2 Å². The zero-order chi connectivity index (χ0) is 22.7. The number of guanidine groups is 1. The first-order valence-corrected chi connectivity index (χ1v) is 10.2. The maximum atomic E-state index is 14.2. The number of benzene rings is 1. The van der Waals surface area contributed by atoms with E-state index in [1.807, 2.05) is 6.92 Å². The summed E-state index contributed by atoms with van der Waals surface area (Å²) in [4.78, 5) is 8.16. The van der Waals surface area contributed by atoms with E-state index < -0.39 is 24.0 Å². The summed E-state index contributed by atoms with van der Waals surface area (Å²) in [5, 5.41) is 16.3. The predicted molar refractivity (Wildman–Crippen MR) is 124 cm³/mol. The van der Waals surface area contributed by atoms with Crippen LogP contribution in [0.15, 0.2) is 41.7 Å². The average molecular weight is 569 g/mol. The molecule has 1 atom stereocenters. The van der Waals surface area contributed by atoms with Gasteiger partial charge in [-0.2, -0.15) is 13.2 Å². The Bertz CT molecular complexity index is 929. The van der Waals surface area contributed by atoms with Crippen LogP contribution in [-0.4, -0.2) is 46.4 Å². The monoisotopic (exact) mass is 569 g/mol. The van der Waals surface area contributed by atoms with Crippen molar-refractivity contribution in [3.63, 3.8) is 0 Å². The van der Waals surface area contributed by atoms with Gasteiger partial charge < -0.3 is 20.3 Å². The minimum absolute atomic E-state index is 0. The average Bonchev–Trinajstić information content (AvgIpc) is 3.37. The van der Waals surface area contributed by atoms with Crippen LogP contribution < -0.4 is 10.6 Å². The number of aryl methyl sites for hydroxylation is 1. The molecule has 1 heterocycles. The molecule has 0 aliphatic heterocycles. The number of halogens is 5. The third-order valence-corrected chi connectivity index (χ3v) is 5.62. The van der Waals surface area contributed by atoms with Gasteiger partial charge in [-0.1, -0.05) is 18.2 Å². The predicted octanol–water partition coefficient (Wildman–Crippen LogP) is 3.60. The molecule has 1 saturated carbocycles. The fraction of sp³-hybridized carbons (Fsp3) is 0.524. The van der Waals surface area contributed by atoms with Crippen LogP contribution in [0, 0.1) is 5.82 Å². The largest absolute Gasteiger partial charge is 0.424 e. The SMILES string of the molecule is CCNC(=NCC1(c2ccccc2F)CC1)NCCC(O)(c1nccn1C)C(F)(F)F.I. The number of aromatic nitrogens is 2. The third-order valence-electron chi connectivity index (χ3n) is 5.62. The molecule has 1 fully saturated rings. The standard InChI is InChI=1S/C21H27F4N5O.HI/c1-3-26-18(29-14-19(8-9-19)15-6-4-5-7-16(15)22)28-11-10-20(31,21(23,24)25)17-27-12-13-30(17)2;/h4-7,12-13,31H,3,8-11,14H2,1-2H3,(H2,26,28,29);1H. The van der Waals surface area contributed by atoms with Crippen LogP contribution in [0.25, 0.3) is 0 Å². The zero-order valence-electron chi connectivity index (χ0n) is 17.9. The number of nitrogens with one attached hydrogen (secondary N) is 2. The zero-order valence-corrected chi connectivity index (χ0v) is 20.2. The Hall–Kier alpha value is -1.89. The van der Waals surface area contributed by atoms with E-state index in [0.29, 0.717) is 24.6 Å². The van der Waals surface area contributed by atoms with Crippen LogP contribution >= 0.6 is 24.0 Å². The van der Waals surface area contributed by atoms with Crippen molar-refractivity contribution in [3.8, 4) is 0 Å². The lowest BCUT2D eigenvalue weighted by Crippen LogP contribution is -2.48. The van der Waals surface area contributed by atoms with Crippen molar-refractivity contribution in [2.24, 2.45) is 12.0 Å². The summed E-state index contributed by atoms with van der Waals surface area (Å²) in [6, 6.07) is 6.57. The second-order valence-electron chi connectivity index (χ2n) is 7.85. The van der Waals surface area contributed by atoms with Crippen LogP contribution in [0.3, 0.4) is 0 Å². The Kier molecular flexibility index (Phi) is 8.54. The normalized spacial score (nSPS) is 17.3.